The second-order valence-electron chi connectivity index (χ2n) is 3.98. The number of ether oxygens (including phenoxy) is 1. The molecule has 0 fully saturated rings. The number of aryl methyl sites for hydroxylation is 1. The number of aromatic nitrogens is 2. The van der Waals surface area contributed by atoms with Gasteiger partial charge in [0.25, 0.3) is 5.91 Å². The van der Waals surface area contributed by atoms with Crippen molar-refractivity contribution in [3.05, 3.63) is 52.6 Å². The van der Waals surface area contributed by atoms with E-state index in [2.05, 4.69) is 9.97 Å². The fourth-order valence-electron chi connectivity index (χ4n) is 1.59. The summed E-state index contributed by atoms with van der Waals surface area (Å²) in [7, 11) is 0. The molecule has 1 aromatic heterocycles. The van der Waals surface area contributed by atoms with Gasteiger partial charge in [0, 0.05) is 6.20 Å². The molecule has 0 spiro atoms. The molecule has 0 aliphatic heterocycles. The molecule has 6 nitrogen and oxygen atoms in total. The van der Waals surface area contributed by atoms with Crippen LogP contribution >= 0.6 is 11.6 Å². The van der Waals surface area contributed by atoms with E-state index < -0.39 is 5.91 Å². The molecule has 0 radical (unpaired) electrons. The molecule has 1 amide bonds. The van der Waals surface area contributed by atoms with Crippen molar-refractivity contribution in [1.29, 1.82) is 0 Å². The van der Waals surface area contributed by atoms with Crippen LogP contribution in [0.3, 0.4) is 0 Å². The van der Waals surface area contributed by atoms with Crippen LogP contribution in [-0.4, -0.2) is 15.9 Å². The number of hydrazine groups is 1. The fraction of sp³-hybridized carbons (Fsp3) is 0.154. The Labute approximate surface area is 120 Å². The molecule has 1 aromatic carbocycles. The van der Waals surface area contributed by atoms with Crippen LogP contribution in [-0.2, 0) is 6.61 Å². The number of amides is 1. The van der Waals surface area contributed by atoms with Gasteiger partial charge < -0.3 is 4.74 Å². The van der Waals surface area contributed by atoms with Gasteiger partial charge in [0.15, 0.2) is 5.82 Å². The number of para-hydroxylation sites is 1. The Kier molecular flexibility index (Phi) is 4.49. The summed E-state index contributed by atoms with van der Waals surface area (Å²) in [4.78, 5) is 19.7. The SMILES string of the molecule is Cc1nc(COc2ccccc2Cl)ncc1C(=O)NN. The van der Waals surface area contributed by atoms with Crippen molar-refractivity contribution in [3.63, 3.8) is 0 Å². The van der Waals surface area contributed by atoms with Gasteiger partial charge in [-0.2, -0.15) is 0 Å². The molecule has 104 valence electrons. The van der Waals surface area contributed by atoms with Gasteiger partial charge in [0.2, 0.25) is 0 Å². The molecular formula is C13H13ClN4O2. The monoisotopic (exact) mass is 292 g/mol. The summed E-state index contributed by atoms with van der Waals surface area (Å²) in [5.41, 5.74) is 2.90. The zero-order valence-corrected chi connectivity index (χ0v) is 11.5. The number of carbonyl (C=O) groups excluding carboxylic acids is 1. The van der Waals surface area contributed by atoms with E-state index in [1.54, 1.807) is 19.1 Å². The Morgan fingerprint density at radius 2 is 2.20 bits per heavy atom. The van der Waals surface area contributed by atoms with Crippen molar-refractivity contribution >= 4 is 17.5 Å². The van der Waals surface area contributed by atoms with Gasteiger partial charge in [-0.3, -0.25) is 10.2 Å². The van der Waals surface area contributed by atoms with Gasteiger partial charge in [-0.25, -0.2) is 15.8 Å². The first-order valence-electron chi connectivity index (χ1n) is 5.82. The fourth-order valence-corrected chi connectivity index (χ4v) is 1.78. The van der Waals surface area contributed by atoms with Gasteiger partial charge in [0.1, 0.15) is 12.4 Å². The molecule has 0 aliphatic carbocycles. The molecule has 7 heteroatoms. The number of nitrogens with one attached hydrogen (secondary N) is 1. The zero-order chi connectivity index (χ0) is 14.5. The number of rotatable bonds is 4. The lowest BCUT2D eigenvalue weighted by Crippen LogP contribution is -2.31. The first-order chi connectivity index (χ1) is 9.61. The number of carbonyl (C=O) groups is 1. The Morgan fingerprint density at radius 3 is 2.85 bits per heavy atom. The second-order valence-corrected chi connectivity index (χ2v) is 4.39. The lowest BCUT2D eigenvalue weighted by molar-refractivity contribution is 0.0952. The van der Waals surface area contributed by atoms with Gasteiger partial charge in [-0.05, 0) is 19.1 Å². The average Bonchev–Trinajstić information content (AvgIpc) is 2.46. The standard InChI is InChI=1S/C13H13ClN4O2/c1-8-9(13(19)18-15)6-16-12(17-8)7-20-11-5-3-2-4-10(11)14/h2-6H,7,15H2,1H3,(H,18,19). The Bertz CT molecular complexity index is 634. The van der Waals surface area contributed by atoms with Crippen LogP contribution in [0.4, 0.5) is 0 Å². The highest BCUT2D eigenvalue weighted by Crippen LogP contribution is 2.23. The molecule has 3 N–H and O–H groups in total. The third kappa shape index (κ3) is 3.23. The third-order valence-electron chi connectivity index (χ3n) is 2.60. The van der Waals surface area contributed by atoms with E-state index in [0.29, 0.717) is 27.9 Å². The molecular weight excluding hydrogens is 280 g/mol. The molecule has 0 saturated heterocycles. The summed E-state index contributed by atoms with van der Waals surface area (Å²) in [6, 6.07) is 7.13. The normalized spacial score (nSPS) is 10.2. The van der Waals surface area contributed by atoms with Crippen molar-refractivity contribution in [2.45, 2.75) is 13.5 Å². The minimum Gasteiger partial charge on any atom is -0.484 e. The second kappa shape index (κ2) is 6.31. The van der Waals surface area contributed by atoms with Gasteiger partial charge in [-0.1, -0.05) is 23.7 Å². The lowest BCUT2D eigenvalue weighted by Gasteiger charge is -2.08. The van der Waals surface area contributed by atoms with E-state index in [1.807, 2.05) is 17.6 Å². The number of nitrogens with two attached hydrogens (primary N) is 1. The summed E-state index contributed by atoms with van der Waals surface area (Å²) in [6.45, 7) is 1.86. The minimum absolute atomic E-state index is 0.162. The van der Waals surface area contributed by atoms with Crippen LogP contribution in [0.2, 0.25) is 5.02 Å². The van der Waals surface area contributed by atoms with Crippen LogP contribution in [0.5, 0.6) is 5.75 Å². The molecule has 2 aromatic rings. The Balaban J connectivity index is 2.10. The quantitative estimate of drug-likeness (QED) is 0.508. The maximum Gasteiger partial charge on any atom is 0.268 e. The third-order valence-corrected chi connectivity index (χ3v) is 2.91. The van der Waals surface area contributed by atoms with Crippen LogP contribution in [0.15, 0.2) is 30.5 Å². The zero-order valence-electron chi connectivity index (χ0n) is 10.8. The van der Waals surface area contributed by atoms with Crippen molar-refractivity contribution in [2.75, 3.05) is 0 Å². The van der Waals surface area contributed by atoms with E-state index in [0.717, 1.165) is 0 Å². The molecule has 0 saturated carbocycles. The number of nitrogen functional groups attached to an aromatic ring is 1. The molecule has 0 aliphatic rings. The van der Waals surface area contributed by atoms with Crippen LogP contribution in [0.1, 0.15) is 21.9 Å². The Morgan fingerprint density at radius 1 is 1.45 bits per heavy atom. The predicted octanol–water partition coefficient (Wildman–Crippen LogP) is 1.62. The number of hydrogen-bond acceptors (Lipinski definition) is 5. The largest absolute Gasteiger partial charge is 0.484 e. The first-order valence-corrected chi connectivity index (χ1v) is 6.20. The van der Waals surface area contributed by atoms with Gasteiger partial charge >= 0.3 is 0 Å². The van der Waals surface area contributed by atoms with Gasteiger partial charge in [-0.15, -0.1) is 0 Å². The Hall–Kier alpha value is -2.18. The van der Waals surface area contributed by atoms with Gasteiger partial charge in [0.05, 0.1) is 16.3 Å². The van der Waals surface area contributed by atoms with E-state index in [9.17, 15) is 4.79 Å². The highest BCUT2D eigenvalue weighted by atomic mass is 35.5. The maximum atomic E-state index is 11.4. The molecule has 2 rings (SSSR count). The highest BCUT2D eigenvalue weighted by Gasteiger charge is 2.11. The number of hydrogen-bond donors (Lipinski definition) is 2. The molecule has 0 bridgehead atoms. The van der Waals surface area contributed by atoms with Crippen molar-refractivity contribution in [3.8, 4) is 5.75 Å². The van der Waals surface area contributed by atoms with Crippen LogP contribution < -0.4 is 16.0 Å². The predicted molar refractivity (Wildman–Crippen MR) is 74.2 cm³/mol. The van der Waals surface area contributed by atoms with E-state index >= 15 is 0 Å². The lowest BCUT2D eigenvalue weighted by atomic mass is 10.2. The summed E-state index contributed by atoms with van der Waals surface area (Å²) < 4.78 is 5.52. The number of nitrogens with zero attached hydrogens (tertiary/aromatic N) is 2. The van der Waals surface area contributed by atoms with Crippen molar-refractivity contribution < 1.29 is 9.53 Å². The summed E-state index contributed by atoms with van der Waals surface area (Å²) in [5, 5.41) is 0.517. The molecule has 0 unspecified atom stereocenters. The number of benzene rings is 1. The van der Waals surface area contributed by atoms with E-state index in [1.165, 1.54) is 6.20 Å². The first kappa shape index (κ1) is 14.2. The summed E-state index contributed by atoms with van der Waals surface area (Å²) >= 11 is 5.97. The number of halogens is 1. The van der Waals surface area contributed by atoms with E-state index in [-0.39, 0.29) is 6.61 Å². The maximum absolute atomic E-state index is 11.4. The van der Waals surface area contributed by atoms with Crippen molar-refractivity contribution in [1.82, 2.24) is 15.4 Å². The molecule has 20 heavy (non-hydrogen) atoms. The molecule has 0 atom stereocenters. The smallest absolute Gasteiger partial charge is 0.268 e. The average molecular weight is 293 g/mol. The van der Waals surface area contributed by atoms with E-state index in [4.69, 9.17) is 22.2 Å². The minimum atomic E-state index is -0.430. The summed E-state index contributed by atoms with van der Waals surface area (Å²) in [6.07, 6.45) is 1.41. The van der Waals surface area contributed by atoms with Crippen LogP contribution in [0, 0.1) is 6.92 Å². The van der Waals surface area contributed by atoms with Crippen molar-refractivity contribution in [2.24, 2.45) is 5.84 Å². The molecule has 1 heterocycles. The highest BCUT2D eigenvalue weighted by molar-refractivity contribution is 6.32. The van der Waals surface area contributed by atoms with Crippen LogP contribution in [0.25, 0.3) is 0 Å². The summed E-state index contributed by atoms with van der Waals surface area (Å²) in [5.74, 6) is 5.65. The topological polar surface area (TPSA) is 90.1 Å².